The van der Waals surface area contributed by atoms with Gasteiger partial charge in [-0.25, -0.2) is 4.79 Å². The van der Waals surface area contributed by atoms with Gasteiger partial charge in [0.1, 0.15) is 52.3 Å². The number of carbonyl (C=O) groups excluding carboxylic acids is 1. The number of carbonyl (C=O) groups is 1. The minimum Gasteiger partial charge on any atom is -0.508 e. The summed E-state index contributed by atoms with van der Waals surface area (Å²) in [6.07, 6.45) is 10.3. The van der Waals surface area contributed by atoms with Crippen LogP contribution in [0.2, 0.25) is 0 Å². The Morgan fingerprint density at radius 1 is 1.23 bits per heavy atom. The van der Waals surface area contributed by atoms with Crippen LogP contribution in [0.1, 0.15) is 81.2 Å². The number of benzene rings is 2. The zero-order valence-electron chi connectivity index (χ0n) is 32.7. The van der Waals surface area contributed by atoms with Gasteiger partial charge in [0.15, 0.2) is 5.43 Å². The predicted molar refractivity (Wildman–Crippen MR) is 215 cm³/mol. The van der Waals surface area contributed by atoms with Gasteiger partial charge in [0.05, 0.1) is 18.6 Å². The fourth-order valence-corrected chi connectivity index (χ4v) is 8.84. The van der Waals surface area contributed by atoms with E-state index < -0.39 is 48.2 Å². The van der Waals surface area contributed by atoms with E-state index in [0.29, 0.717) is 48.3 Å². The number of aliphatic hydroxyl groups excluding tert-OH is 2. The van der Waals surface area contributed by atoms with E-state index in [0.717, 1.165) is 29.3 Å². The summed E-state index contributed by atoms with van der Waals surface area (Å²) in [6.45, 7) is 7.53. The molecule has 0 spiro atoms. The Labute approximate surface area is 331 Å². The zero-order valence-corrected chi connectivity index (χ0v) is 32.7. The number of likely N-dealkylation sites (N-methyl/N-ethyl adjacent to an activating group) is 1. The highest BCUT2D eigenvalue weighted by molar-refractivity contribution is 5.92. The summed E-state index contributed by atoms with van der Waals surface area (Å²) in [5.74, 6) is -2.17. The summed E-state index contributed by atoms with van der Waals surface area (Å²) in [5, 5.41) is 54.4. The number of nitrogens with two attached hydrogens (primary N) is 1. The number of phenols is 2. The smallest absolute Gasteiger partial charge is 0.333 e. The fraction of sp³-hybridized carbons (Fsp3) is 0.409. The van der Waals surface area contributed by atoms with Crippen LogP contribution in [0.25, 0.3) is 11.0 Å². The third-order valence-corrected chi connectivity index (χ3v) is 12.0. The first-order valence-corrected chi connectivity index (χ1v) is 19.6. The van der Waals surface area contributed by atoms with Gasteiger partial charge in [-0.05, 0) is 87.1 Å². The molecule has 0 fully saturated rings. The van der Waals surface area contributed by atoms with E-state index in [4.69, 9.17) is 19.6 Å². The molecule has 13 heteroatoms. The molecule has 7 rings (SSSR count). The quantitative estimate of drug-likeness (QED) is 0.105. The molecule has 0 aliphatic carbocycles. The summed E-state index contributed by atoms with van der Waals surface area (Å²) in [4.78, 5) is 27.6. The van der Waals surface area contributed by atoms with Gasteiger partial charge in [0.2, 0.25) is 0 Å². The van der Waals surface area contributed by atoms with E-state index in [1.54, 1.807) is 44.2 Å². The maximum absolute atomic E-state index is 14.0. The second-order valence-electron chi connectivity index (χ2n) is 15.4. The molecule has 4 aliphatic heterocycles. The largest absolute Gasteiger partial charge is 0.508 e. The molecule has 3 aromatic rings. The summed E-state index contributed by atoms with van der Waals surface area (Å²) >= 11 is 0. The molecule has 0 saturated carbocycles. The molecule has 2 aromatic carbocycles. The van der Waals surface area contributed by atoms with E-state index in [-0.39, 0.29) is 58.0 Å². The third-order valence-electron chi connectivity index (χ3n) is 12.0. The number of nitrogens with one attached hydrogen (secondary N) is 3. The second-order valence-corrected chi connectivity index (χ2v) is 15.4. The molecule has 4 aliphatic rings. The number of esters is 1. The van der Waals surface area contributed by atoms with Crippen molar-refractivity contribution >= 4 is 16.9 Å². The lowest BCUT2D eigenvalue weighted by Crippen LogP contribution is -2.56. The lowest BCUT2D eigenvalue weighted by atomic mass is 9.68. The Bertz CT molecular complexity index is 2290. The van der Waals surface area contributed by atoms with Gasteiger partial charge in [-0.2, -0.15) is 0 Å². The zero-order chi connectivity index (χ0) is 40.6. The average molecular weight is 781 g/mol. The summed E-state index contributed by atoms with van der Waals surface area (Å²) in [6, 6.07) is 7.76. The van der Waals surface area contributed by atoms with Crippen molar-refractivity contribution in [1.82, 2.24) is 16.0 Å². The molecule has 0 amide bonds. The van der Waals surface area contributed by atoms with Gasteiger partial charge in [0, 0.05) is 59.7 Å². The molecular weight excluding hydrogens is 729 g/mol. The number of phenolic OH excluding ortho intramolecular Hbond substituents is 2. The topological polar surface area (TPSA) is 209 Å². The Kier molecular flexibility index (Phi) is 11.3. The lowest BCUT2D eigenvalue weighted by molar-refractivity contribution is -0.165. The van der Waals surface area contributed by atoms with Gasteiger partial charge in [-0.3, -0.25) is 10.1 Å². The van der Waals surface area contributed by atoms with Crippen LogP contribution in [-0.4, -0.2) is 64.0 Å². The van der Waals surface area contributed by atoms with Crippen molar-refractivity contribution in [3.8, 4) is 17.2 Å². The molecule has 0 radical (unpaired) electrons. The van der Waals surface area contributed by atoms with Crippen LogP contribution < -0.4 is 31.8 Å². The van der Waals surface area contributed by atoms with Gasteiger partial charge in [0.25, 0.3) is 0 Å². The molecule has 1 aromatic heterocycles. The predicted octanol–water partition coefficient (Wildman–Crippen LogP) is 4.61. The number of hydrogen-bond donors (Lipinski definition) is 8. The highest BCUT2D eigenvalue weighted by Gasteiger charge is 2.53. The van der Waals surface area contributed by atoms with Crippen LogP contribution in [0.4, 0.5) is 0 Å². The number of ether oxygens (including phenoxy) is 2. The van der Waals surface area contributed by atoms with E-state index in [2.05, 4.69) is 28.1 Å². The third kappa shape index (κ3) is 7.31. The Morgan fingerprint density at radius 2 is 2.04 bits per heavy atom. The molecule has 0 saturated heterocycles. The normalized spacial score (nSPS) is 25.0. The first-order valence-electron chi connectivity index (χ1n) is 19.6. The highest BCUT2D eigenvalue weighted by atomic mass is 16.6. The minimum atomic E-state index is -1.24. The standard InChI is InChI=1S/C44H52N4O9/c1-5-23(3)43(54)56-34-19-31-39(53)37-33(52)18-28(21-49)55-41(37)38-36(32(22-50)25-8-7-9-27(51)17-25)29-14-15-47-42(45)30(29)12-11-26(44(34,4)57-40(31)38)16-24-10-13-35(46-6-2)48-20-24/h5,7-10,13-14,17-18,20,26,32,34-36,46-51,53H,6,11-12,15-16,19,21-22,45H2,1-4H3. The Hall–Kier alpha value is -5.50. The molecule has 6 atom stereocenters. The molecule has 9 N–H and O–H groups in total. The molecular formula is C44H52N4O9. The van der Waals surface area contributed by atoms with Crippen LogP contribution >= 0.6 is 0 Å². The van der Waals surface area contributed by atoms with Crippen LogP contribution in [0.15, 0.2) is 98.2 Å². The Balaban J connectivity index is 1.55. The van der Waals surface area contributed by atoms with E-state index >= 15 is 0 Å². The van der Waals surface area contributed by atoms with Crippen molar-refractivity contribution in [2.75, 3.05) is 19.7 Å². The maximum atomic E-state index is 14.0. The van der Waals surface area contributed by atoms with E-state index in [1.165, 1.54) is 0 Å². The lowest BCUT2D eigenvalue weighted by Gasteiger charge is -2.49. The van der Waals surface area contributed by atoms with Crippen LogP contribution in [0.5, 0.6) is 17.2 Å². The SMILES string of the molecule is CC=C(C)C(=O)OC1Cc2c3c(c4oc(CO)cc(=O)c4c2O)C(C(CO)c2cccc(O)c2)C2=CCNC(N)=C2CCC(CC2=CNC(NCC)C=C2)C1(C)O3. The maximum Gasteiger partial charge on any atom is 0.333 e. The van der Waals surface area contributed by atoms with Crippen molar-refractivity contribution in [2.24, 2.45) is 11.7 Å². The van der Waals surface area contributed by atoms with Crippen LogP contribution in [0.3, 0.4) is 0 Å². The monoisotopic (exact) mass is 780 g/mol. The van der Waals surface area contributed by atoms with Gasteiger partial charge >= 0.3 is 5.97 Å². The van der Waals surface area contributed by atoms with Crippen molar-refractivity contribution in [2.45, 2.75) is 89.7 Å². The molecule has 302 valence electrons. The van der Waals surface area contributed by atoms with Crippen LogP contribution in [0, 0.1) is 5.92 Å². The molecule has 57 heavy (non-hydrogen) atoms. The van der Waals surface area contributed by atoms with Crippen molar-refractivity contribution in [3.05, 3.63) is 122 Å². The van der Waals surface area contributed by atoms with E-state index in [9.17, 15) is 30.0 Å². The number of hydrogen-bond acceptors (Lipinski definition) is 13. The number of rotatable bonds is 10. The molecule has 6 unspecified atom stereocenters. The number of fused-ring (bicyclic) bond motifs is 4. The summed E-state index contributed by atoms with van der Waals surface area (Å²) < 4.78 is 20.0. The number of dihydropyridines is 2. The summed E-state index contributed by atoms with van der Waals surface area (Å²) in [5.41, 5.74) is 9.14. The molecule has 5 heterocycles. The van der Waals surface area contributed by atoms with Crippen molar-refractivity contribution in [1.29, 1.82) is 0 Å². The average Bonchev–Trinajstić information content (AvgIpc) is 3.20. The molecule has 13 nitrogen and oxygen atoms in total. The molecule has 2 bridgehead atoms. The summed E-state index contributed by atoms with van der Waals surface area (Å²) in [7, 11) is 0. The first kappa shape index (κ1) is 39.7. The van der Waals surface area contributed by atoms with Crippen molar-refractivity contribution in [3.63, 3.8) is 0 Å². The Morgan fingerprint density at radius 3 is 2.72 bits per heavy atom. The first-order chi connectivity index (χ1) is 27.4. The number of aromatic hydroxyl groups is 2. The minimum absolute atomic E-state index is 0.00261. The van der Waals surface area contributed by atoms with Crippen molar-refractivity contribution < 1.29 is 39.1 Å². The van der Waals surface area contributed by atoms with Gasteiger partial charge < -0.3 is 50.7 Å². The van der Waals surface area contributed by atoms with E-state index in [1.807, 2.05) is 26.1 Å². The fourth-order valence-electron chi connectivity index (χ4n) is 8.84. The number of allylic oxidation sites excluding steroid dienone is 5. The van der Waals surface area contributed by atoms with Gasteiger partial charge in [-0.1, -0.05) is 37.3 Å². The number of aliphatic hydroxyl groups is 2. The highest BCUT2D eigenvalue weighted by Crippen LogP contribution is 2.57. The van der Waals surface area contributed by atoms with Gasteiger partial charge in [-0.15, -0.1) is 0 Å². The van der Waals surface area contributed by atoms with Crippen LogP contribution in [-0.2, 0) is 22.6 Å². The second kappa shape index (κ2) is 16.2.